The normalized spacial score (nSPS) is 12.1. The molecule has 0 radical (unpaired) electrons. The Morgan fingerprint density at radius 1 is 1.05 bits per heavy atom. The highest BCUT2D eigenvalue weighted by molar-refractivity contribution is 9.15. The second-order valence-electron chi connectivity index (χ2n) is 4.44. The number of aromatic carboxylic acids is 1. The van der Waals surface area contributed by atoms with Crippen molar-refractivity contribution in [2.24, 2.45) is 0 Å². The predicted molar refractivity (Wildman–Crippen MR) is 97.2 cm³/mol. The molecular formula is C13H13Br4NO4. The van der Waals surface area contributed by atoms with Gasteiger partial charge in [0.2, 0.25) is 0 Å². The predicted octanol–water partition coefficient (Wildman–Crippen LogP) is 4.67. The topological polar surface area (TPSA) is 86.6 Å². The molecule has 9 heteroatoms. The van der Waals surface area contributed by atoms with Gasteiger partial charge in [-0.05, 0) is 76.6 Å². The van der Waals surface area contributed by atoms with Gasteiger partial charge in [-0.15, -0.1) is 0 Å². The van der Waals surface area contributed by atoms with Crippen molar-refractivity contribution in [1.29, 1.82) is 0 Å². The van der Waals surface area contributed by atoms with E-state index in [4.69, 9.17) is 0 Å². The Hall–Kier alpha value is 0.0400. The first kappa shape index (κ1) is 20.1. The van der Waals surface area contributed by atoms with E-state index >= 15 is 0 Å². The molecule has 0 aliphatic rings. The maximum Gasteiger partial charge on any atom is 0.337 e. The molecule has 122 valence electrons. The molecule has 0 saturated carbocycles. The molecule has 1 rings (SSSR count). The summed E-state index contributed by atoms with van der Waals surface area (Å²) >= 11 is 12.9. The van der Waals surface area contributed by atoms with Crippen molar-refractivity contribution in [3.8, 4) is 0 Å². The average molecular weight is 567 g/mol. The summed E-state index contributed by atoms with van der Waals surface area (Å²) in [6.07, 6.45) is 1.01. The molecule has 1 unspecified atom stereocenters. The summed E-state index contributed by atoms with van der Waals surface area (Å²) in [5.74, 6) is -1.92. The zero-order chi connectivity index (χ0) is 17.0. The molecule has 0 aliphatic carbocycles. The van der Waals surface area contributed by atoms with Gasteiger partial charge in [0.05, 0.1) is 11.1 Å². The van der Waals surface area contributed by atoms with Crippen LogP contribution in [0.2, 0.25) is 0 Å². The van der Waals surface area contributed by atoms with E-state index in [1.54, 1.807) is 0 Å². The van der Waals surface area contributed by atoms with Crippen molar-refractivity contribution >= 4 is 75.6 Å². The largest absolute Gasteiger partial charge is 0.478 e. The van der Waals surface area contributed by atoms with Crippen LogP contribution in [-0.2, 0) is 0 Å². The van der Waals surface area contributed by atoms with Crippen LogP contribution in [0.4, 0.5) is 0 Å². The van der Waals surface area contributed by atoms with Crippen LogP contribution in [0, 0.1) is 0 Å². The van der Waals surface area contributed by atoms with E-state index in [1.807, 2.05) is 6.92 Å². The molecule has 0 spiro atoms. The maximum atomic E-state index is 12.4. The Morgan fingerprint density at radius 3 is 2.00 bits per heavy atom. The number of carboxylic acid groups (broad SMARTS) is 1. The summed E-state index contributed by atoms with van der Waals surface area (Å²) < 4.78 is 1.50. The fraction of sp³-hybridized carbons (Fsp3) is 0.385. The fourth-order valence-electron chi connectivity index (χ4n) is 1.74. The number of benzene rings is 1. The third kappa shape index (κ3) is 4.53. The van der Waals surface area contributed by atoms with Crippen molar-refractivity contribution in [3.63, 3.8) is 0 Å². The standard InChI is InChI=1S/C13H13Br4NO4/c1-2-3-4-5(19)18-12(20)6-7(13(21)22)9(15)11(17)10(16)8(6)14/h5,19H,2-4H2,1H3,(H,18,20)(H,21,22). The zero-order valence-corrected chi connectivity index (χ0v) is 17.8. The third-order valence-electron chi connectivity index (χ3n) is 2.84. The number of rotatable bonds is 6. The molecule has 22 heavy (non-hydrogen) atoms. The van der Waals surface area contributed by atoms with Crippen LogP contribution < -0.4 is 5.32 Å². The number of carbonyl (C=O) groups excluding carboxylic acids is 1. The summed E-state index contributed by atoms with van der Waals surface area (Å²) in [4.78, 5) is 23.8. The van der Waals surface area contributed by atoms with Gasteiger partial charge >= 0.3 is 5.97 Å². The number of aliphatic hydroxyl groups is 1. The molecule has 0 heterocycles. The number of unbranched alkanes of at least 4 members (excludes halogenated alkanes) is 1. The zero-order valence-electron chi connectivity index (χ0n) is 11.4. The third-order valence-corrected chi connectivity index (χ3v) is 7.61. The molecule has 0 aromatic heterocycles. The van der Waals surface area contributed by atoms with E-state index in [9.17, 15) is 19.8 Å². The highest BCUT2D eigenvalue weighted by Gasteiger charge is 2.28. The molecule has 5 nitrogen and oxygen atoms in total. The molecule has 1 amide bonds. The Kier molecular flexibility index (Phi) is 8.01. The Balaban J connectivity index is 3.28. The molecule has 1 atom stereocenters. The van der Waals surface area contributed by atoms with Gasteiger partial charge in [0.1, 0.15) is 6.23 Å². The van der Waals surface area contributed by atoms with Gasteiger partial charge in [0, 0.05) is 17.9 Å². The van der Waals surface area contributed by atoms with Crippen LogP contribution in [0.1, 0.15) is 46.9 Å². The number of aliphatic hydroxyl groups excluding tert-OH is 1. The SMILES string of the molecule is CCCCC(O)NC(=O)c1c(Br)c(Br)c(Br)c(Br)c1C(=O)O. The van der Waals surface area contributed by atoms with Gasteiger partial charge in [-0.25, -0.2) is 4.79 Å². The fourth-order valence-corrected chi connectivity index (χ4v) is 4.21. The van der Waals surface area contributed by atoms with Gasteiger partial charge in [0.15, 0.2) is 0 Å². The van der Waals surface area contributed by atoms with Gasteiger partial charge in [-0.1, -0.05) is 13.3 Å². The lowest BCUT2D eigenvalue weighted by atomic mass is 10.1. The van der Waals surface area contributed by atoms with Crippen molar-refractivity contribution in [1.82, 2.24) is 5.32 Å². The van der Waals surface area contributed by atoms with Gasteiger partial charge in [-0.3, -0.25) is 4.79 Å². The minimum Gasteiger partial charge on any atom is -0.478 e. The van der Waals surface area contributed by atoms with E-state index in [0.29, 0.717) is 19.8 Å². The Bertz CT molecular complexity index is 606. The van der Waals surface area contributed by atoms with E-state index in [1.165, 1.54) is 0 Å². The van der Waals surface area contributed by atoms with E-state index in [2.05, 4.69) is 69.0 Å². The van der Waals surface area contributed by atoms with Crippen LogP contribution in [-0.4, -0.2) is 28.3 Å². The summed E-state index contributed by atoms with van der Waals surface area (Å²) in [5.41, 5.74) is -0.257. The van der Waals surface area contributed by atoms with Crippen LogP contribution in [0.15, 0.2) is 17.9 Å². The molecule has 3 N–H and O–H groups in total. The number of carboxylic acids is 1. The maximum absolute atomic E-state index is 12.4. The van der Waals surface area contributed by atoms with E-state index in [0.717, 1.165) is 12.8 Å². The number of hydrogen-bond donors (Lipinski definition) is 3. The van der Waals surface area contributed by atoms with Gasteiger partial charge < -0.3 is 15.5 Å². The summed E-state index contributed by atoms with van der Waals surface area (Å²) in [7, 11) is 0. The van der Waals surface area contributed by atoms with Gasteiger partial charge in [-0.2, -0.15) is 0 Å². The quantitative estimate of drug-likeness (QED) is 0.265. The van der Waals surface area contributed by atoms with Crippen molar-refractivity contribution in [2.45, 2.75) is 32.4 Å². The molecule has 0 fully saturated rings. The number of hydrogen-bond acceptors (Lipinski definition) is 3. The Morgan fingerprint density at radius 2 is 1.55 bits per heavy atom. The number of nitrogens with one attached hydrogen (secondary N) is 1. The Labute approximate surface area is 161 Å². The highest BCUT2D eigenvalue weighted by Crippen LogP contribution is 2.42. The van der Waals surface area contributed by atoms with E-state index in [-0.39, 0.29) is 15.6 Å². The number of halogens is 4. The van der Waals surface area contributed by atoms with Crippen LogP contribution in [0.5, 0.6) is 0 Å². The van der Waals surface area contributed by atoms with E-state index < -0.39 is 18.1 Å². The van der Waals surface area contributed by atoms with Crippen molar-refractivity contribution < 1.29 is 19.8 Å². The smallest absolute Gasteiger partial charge is 0.337 e. The average Bonchev–Trinajstić information content (AvgIpc) is 2.45. The van der Waals surface area contributed by atoms with Crippen LogP contribution in [0.25, 0.3) is 0 Å². The first-order chi connectivity index (χ1) is 10.2. The summed E-state index contributed by atoms with van der Waals surface area (Å²) in [5, 5.41) is 21.6. The minimum absolute atomic E-state index is 0.0648. The molecule has 0 bridgehead atoms. The molecule has 1 aromatic rings. The highest BCUT2D eigenvalue weighted by atomic mass is 79.9. The summed E-state index contributed by atoms with van der Waals surface area (Å²) in [6.45, 7) is 1.97. The lowest BCUT2D eigenvalue weighted by Crippen LogP contribution is -2.35. The molecule has 1 aromatic carbocycles. The lowest BCUT2D eigenvalue weighted by molar-refractivity contribution is 0.0675. The first-order valence-electron chi connectivity index (χ1n) is 6.30. The summed E-state index contributed by atoms with van der Waals surface area (Å²) in [6, 6.07) is 0. The lowest BCUT2D eigenvalue weighted by Gasteiger charge is -2.17. The van der Waals surface area contributed by atoms with Crippen molar-refractivity contribution in [3.05, 3.63) is 29.0 Å². The second-order valence-corrected chi connectivity index (χ2v) is 7.61. The molecule has 0 aliphatic heterocycles. The van der Waals surface area contributed by atoms with Crippen LogP contribution >= 0.6 is 63.7 Å². The van der Waals surface area contributed by atoms with Crippen molar-refractivity contribution in [2.75, 3.05) is 0 Å². The first-order valence-corrected chi connectivity index (χ1v) is 9.47. The molecule has 0 saturated heterocycles. The number of amides is 1. The monoisotopic (exact) mass is 563 g/mol. The van der Waals surface area contributed by atoms with Crippen LogP contribution in [0.3, 0.4) is 0 Å². The second kappa shape index (κ2) is 8.77. The number of carbonyl (C=O) groups is 2. The molecular weight excluding hydrogens is 554 g/mol. The minimum atomic E-state index is -1.26. The van der Waals surface area contributed by atoms with Gasteiger partial charge in [0.25, 0.3) is 5.91 Å².